The van der Waals surface area contributed by atoms with Crippen molar-refractivity contribution < 1.29 is 22.7 Å². The fourth-order valence-electron chi connectivity index (χ4n) is 4.23. The van der Waals surface area contributed by atoms with E-state index in [0.29, 0.717) is 24.8 Å². The predicted octanol–water partition coefficient (Wildman–Crippen LogP) is 5.43. The number of carbonyl (C=O) groups is 1. The zero-order valence-corrected chi connectivity index (χ0v) is 23.0. The maximum Gasteiger partial charge on any atom is 0.407 e. The van der Waals surface area contributed by atoms with Gasteiger partial charge in [-0.05, 0) is 56.2 Å². The number of ether oxygens (including phenoxy) is 1. The Bertz CT molecular complexity index is 1050. The number of alkyl halides is 3. The largest absolute Gasteiger partial charge is 0.442 e. The molecular weight excluding hydrogens is 519 g/mol. The topological polar surface area (TPSA) is 97.2 Å². The van der Waals surface area contributed by atoms with Crippen LogP contribution < -0.4 is 10.6 Å². The number of allylic oxidation sites excluding steroid dienone is 1. The number of rotatable bonds is 8. The maximum atomic E-state index is 12.4. The zero-order valence-electron chi connectivity index (χ0n) is 22.2. The van der Waals surface area contributed by atoms with Gasteiger partial charge < -0.3 is 15.4 Å². The van der Waals surface area contributed by atoms with Crippen LogP contribution >= 0.6 is 11.9 Å². The van der Waals surface area contributed by atoms with E-state index >= 15 is 0 Å². The van der Waals surface area contributed by atoms with Crippen LogP contribution in [0.15, 0.2) is 35.8 Å². The van der Waals surface area contributed by atoms with Gasteiger partial charge in [0.05, 0.1) is 17.5 Å². The van der Waals surface area contributed by atoms with Crippen molar-refractivity contribution in [2.75, 3.05) is 18.4 Å². The third-order valence-electron chi connectivity index (χ3n) is 5.97. The Morgan fingerprint density at radius 2 is 1.87 bits per heavy atom. The molecule has 1 aliphatic heterocycles. The summed E-state index contributed by atoms with van der Waals surface area (Å²) in [6, 6.07) is -0.758. The lowest BCUT2D eigenvalue weighted by molar-refractivity contribution is -0.138. The van der Waals surface area contributed by atoms with E-state index in [4.69, 9.17) is 4.74 Å². The van der Waals surface area contributed by atoms with Crippen LogP contribution in [0, 0.1) is 0 Å². The molecule has 2 aromatic rings. The molecule has 2 atom stereocenters. The number of aryl methyl sites for hydroxylation is 1. The summed E-state index contributed by atoms with van der Waals surface area (Å²) in [5.74, 6) is 0.571. The molecule has 0 spiro atoms. The number of halogens is 3. The number of hydrogen-bond acceptors (Lipinski definition) is 8. The number of aromatic nitrogens is 4. The first-order valence-corrected chi connectivity index (χ1v) is 13.7. The van der Waals surface area contributed by atoms with Gasteiger partial charge in [0.25, 0.3) is 0 Å². The summed E-state index contributed by atoms with van der Waals surface area (Å²) in [4.78, 5) is 21.9. The van der Waals surface area contributed by atoms with Gasteiger partial charge in [0.2, 0.25) is 5.95 Å². The molecule has 13 heteroatoms. The third-order valence-corrected chi connectivity index (χ3v) is 7.02. The van der Waals surface area contributed by atoms with E-state index in [-0.39, 0.29) is 0 Å². The molecule has 0 bridgehead atoms. The Hall–Kier alpha value is -2.80. The van der Waals surface area contributed by atoms with Crippen LogP contribution in [0.2, 0.25) is 0 Å². The van der Waals surface area contributed by atoms with Crippen LogP contribution in [0.1, 0.15) is 58.4 Å². The van der Waals surface area contributed by atoms with Crippen molar-refractivity contribution in [2.45, 2.75) is 82.1 Å². The maximum absolute atomic E-state index is 12.4. The molecule has 210 valence electrons. The lowest BCUT2D eigenvalue weighted by Crippen LogP contribution is -2.37. The van der Waals surface area contributed by atoms with Crippen LogP contribution in [-0.4, -0.2) is 67.6 Å². The average Bonchev–Trinajstić information content (AvgIpc) is 3.49. The SMILES string of the molecule is CC.CC(CC(F)(F)F)NC(=O)OC1C=C(c2cnc(NC3CCN(Sc4cnn(C)c4)CC3)nc2)CC1. The summed E-state index contributed by atoms with van der Waals surface area (Å²) in [5, 5.41) is 9.84. The average molecular weight is 556 g/mol. The van der Waals surface area contributed by atoms with E-state index in [0.717, 1.165) is 42.0 Å². The molecule has 2 N–H and O–H groups in total. The van der Waals surface area contributed by atoms with Crippen LogP contribution in [0.5, 0.6) is 0 Å². The summed E-state index contributed by atoms with van der Waals surface area (Å²) in [7, 11) is 1.91. The highest BCUT2D eigenvalue weighted by Gasteiger charge is 2.31. The Kier molecular flexibility index (Phi) is 10.8. The molecule has 0 radical (unpaired) electrons. The summed E-state index contributed by atoms with van der Waals surface area (Å²) in [6.07, 6.45) is 5.54. The molecule has 1 aliphatic carbocycles. The van der Waals surface area contributed by atoms with Crippen molar-refractivity contribution in [3.8, 4) is 0 Å². The molecule has 3 heterocycles. The zero-order chi connectivity index (χ0) is 27.7. The van der Waals surface area contributed by atoms with Gasteiger partial charge in [-0.1, -0.05) is 13.8 Å². The number of hydrogen-bond donors (Lipinski definition) is 2. The van der Waals surface area contributed by atoms with Gasteiger partial charge in [-0.2, -0.15) is 18.3 Å². The molecule has 1 amide bonds. The minimum atomic E-state index is -4.34. The Morgan fingerprint density at radius 3 is 2.47 bits per heavy atom. The molecule has 2 aliphatic rings. The highest BCUT2D eigenvalue weighted by molar-refractivity contribution is 7.97. The number of piperidine rings is 1. The second-order valence-corrected chi connectivity index (χ2v) is 10.3. The number of amides is 1. The molecular formula is C25H36F3N7O2S. The van der Waals surface area contributed by atoms with E-state index in [1.807, 2.05) is 33.3 Å². The minimum Gasteiger partial charge on any atom is -0.442 e. The van der Waals surface area contributed by atoms with Crippen molar-refractivity contribution in [3.63, 3.8) is 0 Å². The summed E-state index contributed by atoms with van der Waals surface area (Å²) < 4.78 is 46.7. The quantitative estimate of drug-likeness (QED) is 0.416. The van der Waals surface area contributed by atoms with Crippen molar-refractivity contribution >= 4 is 29.6 Å². The normalized spacial score (nSPS) is 19.2. The predicted molar refractivity (Wildman–Crippen MR) is 141 cm³/mol. The molecule has 0 aromatic carbocycles. The fraction of sp³-hybridized carbons (Fsp3) is 0.600. The second kappa shape index (κ2) is 13.8. The lowest BCUT2D eigenvalue weighted by Gasteiger charge is -2.31. The molecule has 0 saturated carbocycles. The highest BCUT2D eigenvalue weighted by Crippen LogP contribution is 2.30. The smallest absolute Gasteiger partial charge is 0.407 e. The Balaban J connectivity index is 0.00000195. The van der Waals surface area contributed by atoms with Gasteiger partial charge in [-0.15, -0.1) is 0 Å². The first-order chi connectivity index (χ1) is 18.1. The van der Waals surface area contributed by atoms with Gasteiger partial charge in [0.1, 0.15) is 6.10 Å². The van der Waals surface area contributed by atoms with Gasteiger partial charge in [0, 0.05) is 56.4 Å². The van der Waals surface area contributed by atoms with E-state index < -0.39 is 30.8 Å². The van der Waals surface area contributed by atoms with E-state index in [9.17, 15) is 18.0 Å². The fourth-order valence-corrected chi connectivity index (χ4v) is 5.22. The lowest BCUT2D eigenvalue weighted by atomic mass is 10.1. The second-order valence-electron chi connectivity index (χ2n) is 9.12. The molecule has 9 nitrogen and oxygen atoms in total. The minimum absolute atomic E-state index is 0.295. The van der Waals surface area contributed by atoms with Crippen molar-refractivity contribution in [3.05, 3.63) is 36.4 Å². The molecule has 1 fully saturated rings. The van der Waals surface area contributed by atoms with Gasteiger partial charge >= 0.3 is 12.3 Å². The van der Waals surface area contributed by atoms with E-state index in [1.54, 1.807) is 35.1 Å². The van der Waals surface area contributed by atoms with Crippen molar-refractivity contribution in [2.24, 2.45) is 7.05 Å². The summed E-state index contributed by atoms with van der Waals surface area (Å²) >= 11 is 1.72. The number of nitrogens with zero attached hydrogens (tertiary/aromatic N) is 5. The number of carbonyl (C=O) groups excluding carboxylic acids is 1. The Morgan fingerprint density at radius 1 is 1.18 bits per heavy atom. The third kappa shape index (κ3) is 9.50. The molecule has 1 saturated heterocycles. The van der Waals surface area contributed by atoms with Crippen LogP contribution in [-0.2, 0) is 11.8 Å². The van der Waals surface area contributed by atoms with Gasteiger partial charge in [0.15, 0.2) is 0 Å². The number of nitrogens with one attached hydrogen (secondary N) is 2. The monoisotopic (exact) mass is 555 g/mol. The van der Waals surface area contributed by atoms with E-state index in [2.05, 4.69) is 30.0 Å². The summed E-state index contributed by atoms with van der Waals surface area (Å²) in [5.41, 5.74) is 1.78. The van der Waals surface area contributed by atoms with Gasteiger partial charge in [-0.3, -0.25) is 4.68 Å². The molecule has 4 rings (SSSR count). The van der Waals surface area contributed by atoms with Crippen LogP contribution in [0.3, 0.4) is 0 Å². The first kappa shape index (κ1) is 29.8. The van der Waals surface area contributed by atoms with Gasteiger partial charge in [-0.25, -0.2) is 19.1 Å². The van der Waals surface area contributed by atoms with Crippen LogP contribution in [0.4, 0.5) is 23.9 Å². The Labute approximate surface area is 225 Å². The van der Waals surface area contributed by atoms with E-state index in [1.165, 1.54) is 6.92 Å². The first-order valence-electron chi connectivity index (χ1n) is 12.9. The number of alkyl carbamates (subject to hydrolysis) is 1. The van der Waals surface area contributed by atoms with Crippen molar-refractivity contribution in [1.29, 1.82) is 0 Å². The highest BCUT2D eigenvalue weighted by atomic mass is 32.2. The standard InChI is InChI=1S/C23H30F3N7O2S.C2H6/c1-15(10-23(24,25)26)30-22(34)35-19-4-3-16(9-19)17-11-27-21(28-12-17)31-18-5-7-33(8-6-18)36-20-13-29-32(2)14-20;1-2/h9,11-15,18-19H,3-8,10H2,1-2H3,(H,30,34)(H,27,28,31);1-2H3. The molecule has 2 aromatic heterocycles. The molecule has 38 heavy (non-hydrogen) atoms. The van der Waals surface area contributed by atoms with Crippen LogP contribution in [0.25, 0.3) is 5.57 Å². The molecule has 2 unspecified atom stereocenters. The summed E-state index contributed by atoms with van der Waals surface area (Å²) in [6.45, 7) is 7.20. The van der Waals surface area contributed by atoms with Crippen molar-refractivity contribution in [1.82, 2.24) is 29.4 Å². The number of anilines is 1.